The number of ether oxygens (including phenoxy) is 1. The quantitative estimate of drug-likeness (QED) is 0.785. The van der Waals surface area contributed by atoms with E-state index >= 15 is 0 Å². The summed E-state index contributed by atoms with van der Waals surface area (Å²) in [5, 5.41) is 1.93. The van der Waals surface area contributed by atoms with Gasteiger partial charge in [0.05, 0.1) is 11.5 Å². The molecular formula is C11H15NO2S. The molecule has 82 valence electrons. The smallest absolute Gasteiger partial charge is 0.263 e. The molecule has 1 saturated heterocycles. The lowest BCUT2D eigenvalue weighted by molar-refractivity contribution is 0.0771. The van der Waals surface area contributed by atoms with E-state index in [9.17, 15) is 4.79 Å². The highest BCUT2D eigenvalue weighted by molar-refractivity contribution is 7.12. The third kappa shape index (κ3) is 2.58. The van der Waals surface area contributed by atoms with E-state index in [2.05, 4.69) is 0 Å². The molecule has 0 aromatic carbocycles. The molecule has 0 spiro atoms. The Balaban J connectivity index is 1.90. The van der Waals surface area contributed by atoms with Crippen molar-refractivity contribution in [3.05, 3.63) is 22.4 Å². The second-order valence-corrected chi connectivity index (χ2v) is 4.84. The van der Waals surface area contributed by atoms with Gasteiger partial charge in [-0.3, -0.25) is 4.79 Å². The van der Waals surface area contributed by atoms with Gasteiger partial charge in [-0.1, -0.05) is 6.07 Å². The van der Waals surface area contributed by atoms with Gasteiger partial charge in [-0.2, -0.15) is 0 Å². The van der Waals surface area contributed by atoms with E-state index in [0.29, 0.717) is 5.92 Å². The van der Waals surface area contributed by atoms with Crippen molar-refractivity contribution in [2.45, 2.75) is 6.42 Å². The van der Waals surface area contributed by atoms with E-state index in [1.807, 2.05) is 24.6 Å². The molecule has 1 fully saturated rings. The molecule has 0 saturated carbocycles. The molecule has 0 radical (unpaired) electrons. The number of thiophene rings is 1. The van der Waals surface area contributed by atoms with Crippen LogP contribution in [0, 0.1) is 5.92 Å². The maximum absolute atomic E-state index is 11.9. The zero-order valence-corrected chi connectivity index (χ0v) is 9.63. The zero-order chi connectivity index (χ0) is 10.7. The lowest BCUT2D eigenvalue weighted by atomic mass is 10.1. The normalized spacial score (nSPS) is 20.5. The van der Waals surface area contributed by atoms with Gasteiger partial charge < -0.3 is 9.64 Å². The van der Waals surface area contributed by atoms with Crippen molar-refractivity contribution in [2.24, 2.45) is 5.92 Å². The Kier molecular flexibility index (Phi) is 3.38. The number of hydrogen-bond acceptors (Lipinski definition) is 3. The van der Waals surface area contributed by atoms with Crippen molar-refractivity contribution in [1.29, 1.82) is 0 Å². The highest BCUT2D eigenvalue weighted by Crippen LogP contribution is 2.16. The molecule has 1 unspecified atom stereocenters. The van der Waals surface area contributed by atoms with Crippen LogP contribution < -0.4 is 0 Å². The molecule has 15 heavy (non-hydrogen) atoms. The summed E-state index contributed by atoms with van der Waals surface area (Å²) in [5.41, 5.74) is 0. The average Bonchev–Trinajstić information content (AvgIpc) is 2.88. The van der Waals surface area contributed by atoms with Gasteiger partial charge in [-0.15, -0.1) is 11.3 Å². The topological polar surface area (TPSA) is 29.5 Å². The Morgan fingerprint density at radius 3 is 3.20 bits per heavy atom. The zero-order valence-electron chi connectivity index (χ0n) is 8.81. The van der Waals surface area contributed by atoms with Gasteiger partial charge in [0.15, 0.2) is 0 Å². The molecule has 2 rings (SSSR count). The van der Waals surface area contributed by atoms with Crippen molar-refractivity contribution < 1.29 is 9.53 Å². The van der Waals surface area contributed by atoms with Crippen LogP contribution in [-0.2, 0) is 4.74 Å². The molecule has 0 bridgehead atoms. The molecule has 2 heterocycles. The number of rotatable bonds is 3. The third-order valence-corrected chi connectivity index (χ3v) is 3.49. The minimum absolute atomic E-state index is 0.122. The first-order valence-corrected chi connectivity index (χ1v) is 6.02. The van der Waals surface area contributed by atoms with Gasteiger partial charge in [-0.25, -0.2) is 0 Å². The Bertz CT molecular complexity index is 317. The predicted octanol–water partition coefficient (Wildman–Crippen LogP) is 1.86. The fourth-order valence-corrected chi connectivity index (χ4v) is 2.50. The van der Waals surface area contributed by atoms with Crippen LogP contribution >= 0.6 is 11.3 Å². The van der Waals surface area contributed by atoms with Gasteiger partial charge in [0.1, 0.15) is 0 Å². The number of carbonyl (C=O) groups is 1. The molecule has 1 aliphatic rings. The average molecular weight is 225 g/mol. The monoisotopic (exact) mass is 225 g/mol. The van der Waals surface area contributed by atoms with Crippen LogP contribution in [0.4, 0.5) is 0 Å². The molecule has 4 heteroatoms. The van der Waals surface area contributed by atoms with E-state index in [-0.39, 0.29) is 5.91 Å². The minimum Gasteiger partial charge on any atom is -0.381 e. The van der Waals surface area contributed by atoms with Crippen LogP contribution in [0.3, 0.4) is 0 Å². The number of carbonyl (C=O) groups excluding carboxylic acids is 1. The standard InChI is InChI=1S/C11H15NO2S/c1-12(7-9-4-5-14-8-9)11(13)10-3-2-6-15-10/h2-3,6,9H,4-5,7-8H2,1H3. The first kappa shape index (κ1) is 10.6. The number of hydrogen-bond donors (Lipinski definition) is 0. The maximum atomic E-state index is 11.9. The fourth-order valence-electron chi connectivity index (χ4n) is 1.79. The predicted molar refractivity (Wildman–Crippen MR) is 60.2 cm³/mol. The SMILES string of the molecule is CN(CC1CCOC1)C(=O)c1cccs1. The van der Waals surface area contributed by atoms with E-state index < -0.39 is 0 Å². The van der Waals surface area contributed by atoms with Crippen LogP contribution in [0.1, 0.15) is 16.1 Å². The van der Waals surface area contributed by atoms with Gasteiger partial charge >= 0.3 is 0 Å². The van der Waals surface area contributed by atoms with Crippen LogP contribution in [0.5, 0.6) is 0 Å². The minimum atomic E-state index is 0.122. The van der Waals surface area contributed by atoms with E-state index in [1.165, 1.54) is 11.3 Å². The van der Waals surface area contributed by atoms with Crippen molar-refractivity contribution >= 4 is 17.2 Å². The molecular weight excluding hydrogens is 210 g/mol. The van der Waals surface area contributed by atoms with Crippen LogP contribution in [0.2, 0.25) is 0 Å². The second-order valence-electron chi connectivity index (χ2n) is 3.89. The lowest BCUT2D eigenvalue weighted by Gasteiger charge is -2.19. The van der Waals surface area contributed by atoms with Crippen molar-refractivity contribution in [1.82, 2.24) is 4.90 Å². The summed E-state index contributed by atoms with van der Waals surface area (Å²) in [6.07, 6.45) is 1.07. The van der Waals surface area contributed by atoms with Crippen molar-refractivity contribution in [2.75, 3.05) is 26.8 Å². The Labute approximate surface area is 93.7 Å². The summed E-state index contributed by atoms with van der Waals surface area (Å²) in [6, 6.07) is 3.78. The van der Waals surface area contributed by atoms with E-state index in [4.69, 9.17) is 4.74 Å². The second kappa shape index (κ2) is 4.77. The summed E-state index contributed by atoms with van der Waals surface area (Å²) >= 11 is 1.49. The fraction of sp³-hybridized carbons (Fsp3) is 0.545. The molecule has 1 aliphatic heterocycles. The Morgan fingerprint density at radius 1 is 1.73 bits per heavy atom. The molecule has 1 amide bonds. The Hall–Kier alpha value is -0.870. The van der Waals surface area contributed by atoms with Crippen LogP contribution in [0.25, 0.3) is 0 Å². The molecule has 3 nitrogen and oxygen atoms in total. The van der Waals surface area contributed by atoms with Gasteiger partial charge in [0, 0.05) is 26.1 Å². The largest absolute Gasteiger partial charge is 0.381 e. The number of amides is 1. The first-order valence-electron chi connectivity index (χ1n) is 5.14. The highest BCUT2D eigenvalue weighted by Gasteiger charge is 2.20. The van der Waals surface area contributed by atoms with Gasteiger partial charge in [-0.05, 0) is 17.9 Å². The summed E-state index contributed by atoms with van der Waals surface area (Å²) in [6.45, 7) is 2.44. The van der Waals surface area contributed by atoms with E-state index in [0.717, 1.165) is 31.1 Å². The molecule has 1 atom stereocenters. The highest BCUT2D eigenvalue weighted by atomic mass is 32.1. The van der Waals surface area contributed by atoms with E-state index in [1.54, 1.807) is 4.90 Å². The van der Waals surface area contributed by atoms with Crippen LogP contribution in [0.15, 0.2) is 17.5 Å². The van der Waals surface area contributed by atoms with Gasteiger partial charge in [0.2, 0.25) is 0 Å². The molecule has 0 N–H and O–H groups in total. The first-order chi connectivity index (χ1) is 7.27. The number of nitrogens with zero attached hydrogens (tertiary/aromatic N) is 1. The van der Waals surface area contributed by atoms with Crippen molar-refractivity contribution in [3.63, 3.8) is 0 Å². The van der Waals surface area contributed by atoms with Crippen LogP contribution in [-0.4, -0.2) is 37.6 Å². The lowest BCUT2D eigenvalue weighted by Crippen LogP contribution is -2.31. The molecule has 0 aliphatic carbocycles. The van der Waals surface area contributed by atoms with Crippen molar-refractivity contribution in [3.8, 4) is 0 Å². The summed E-state index contributed by atoms with van der Waals surface area (Å²) in [4.78, 5) is 14.5. The maximum Gasteiger partial charge on any atom is 0.263 e. The molecule has 1 aromatic rings. The molecule has 1 aromatic heterocycles. The summed E-state index contributed by atoms with van der Waals surface area (Å²) in [5.74, 6) is 0.635. The summed E-state index contributed by atoms with van der Waals surface area (Å²) < 4.78 is 5.29. The summed E-state index contributed by atoms with van der Waals surface area (Å²) in [7, 11) is 1.86. The third-order valence-electron chi connectivity index (χ3n) is 2.63. The van der Waals surface area contributed by atoms with Gasteiger partial charge in [0.25, 0.3) is 5.91 Å². The Morgan fingerprint density at radius 2 is 2.60 bits per heavy atom.